The number of benzene rings is 2. The monoisotopic (exact) mass is 387 g/mol. The molecule has 150 valence electrons. The van der Waals surface area contributed by atoms with Gasteiger partial charge in [0.05, 0.1) is 0 Å². The van der Waals surface area contributed by atoms with Gasteiger partial charge in [-0.05, 0) is 73.8 Å². The number of hydrogen-bond donors (Lipinski definition) is 2. The molecule has 1 aliphatic carbocycles. The zero-order valence-corrected chi connectivity index (χ0v) is 17.5. The van der Waals surface area contributed by atoms with Crippen molar-refractivity contribution in [2.24, 2.45) is 0 Å². The van der Waals surface area contributed by atoms with Crippen LogP contribution < -0.4 is 10.6 Å². The van der Waals surface area contributed by atoms with Crippen molar-refractivity contribution in [2.45, 2.75) is 58.9 Å². The Bertz CT molecular complexity index is 969. The lowest BCUT2D eigenvalue weighted by atomic mass is 9.89. The Morgan fingerprint density at radius 3 is 2.69 bits per heavy atom. The quantitative estimate of drug-likeness (QED) is 0.533. The Morgan fingerprint density at radius 1 is 1.21 bits per heavy atom. The van der Waals surface area contributed by atoms with Gasteiger partial charge < -0.3 is 10.6 Å². The molecule has 0 heterocycles. The van der Waals surface area contributed by atoms with Gasteiger partial charge in [-0.25, -0.2) is 0 Å². The summed E-state index contributed by atoms with van der Waals surface area (Å²) in [5.41, 5.74) is 6.97. The Kier molecular flexibility index (Phi) is 6.72. The maximum Gasteiger partial charge on any atom is 0.267 e. The molecule has 0 spiro atoms. The highest BCUT2D eigenvalue weighted by atomic mass is 16.1. The second-order valence-electron chi connectivity index (χ2n) is 7.71. The minimum atomic E-state index is -0.387. The van der Waals surface area contributed by atoms with E-state index in [0.29, 0.717) is 0 Å². The number of carbonyl (C=O) groups is 1. The highest BCUT2D eigenvalue weighted by molar-refractivity contribution is 6.07. The number of nitrogens with one attached hydrogen (secondary N) is 2. The van der Waals surface area contributed by atoms with Crippen molar-refractivity contribution in [3.05, 3.63) is 76.0 Å². The lowest BCUT2D eigenvalue weighted by Crippen LogP contribution is -2.20. The Morgan fingerprint density at radius 2 is 1.97 bits per heavy atom. The fourth-order valence-corrected chi connectivity index (χ4v) is 3.86. The first-order valence-electron chi connectivity index (χ1n) is 10.4. The van der Waals surface area contributed by atoms with E-state index in [1.165, 1.54) is 35.7 Å². The molecule has 4 heteroatoms. The average molecular weight is 388 g/mol. The molecule has 1 aliphatic rings. The third kappa shape index (κ3) is 4.86. The number of hydrogen-bond acceptors (Lipinski definition) is 3. The maximum atomic E-state index is 12.7. The van der Waals surface area contributed by atoms with Crippen molar-refractivity contribution in [1.29, 1.82) is 5.26 Å². The maximum absolute atomic E-state index is 12.7. The van der Waals surface area contributed by atoms with E-state index < -0.39 is 0 Å². The summed E-state index contributed by atoms with van der Waals surface area (Å²) in [6, 6.07) is 14.6. The molecule has 0 saturated carbocycles. The molecular weight excluding hydrogens is 358 g/mol. The molecule has 29 heavy (non-hydrogen) atoms. The van der Waals surface area contributed by atoms with Crippen LogP contribution in [-0.4, -0.2) is 5.91 Å². The van der Waals surface area contributed by atoms with E-state index in [4.69, 9.17) is 0 Å². The first kappa shape index (κ1) is 20.7. The molecule has 1 amide bonds. The lowest BCUT2D eigenvalue weighted by molar-refractivity contribution is -0.112. The van der Waals surface area contributed by atoms with Crippen LogP contribution in [0.2, 0.25) is 0 Å². The van der Waals surface area contributed by atoms with Gasteiger partial charge >= 0.3 is 0 Å². The van der Waals surface area contributed by atoms with Gasteiger partial charge in [-0.3, -0.25) is 4.79 Å². The molecule has 2 aromatic carbocycles. The van der Waals surface area contributed by atoms with E-state index in [1.807, 2.05) is 45.0 Å². The van der Waals surface area contributed by atoms with Crippen molar-refractivity contribution < 1.29 is 4.79 Å². The molecule has 2 N–H and O–H groups in total. The molecule has 0 radical (unpaired) electrons. The van der Waals surface area contributed by atoms with E-state index in [9.17, 15) is 10.1 Å². The smallest absolute Gasteiger partial charge is 0.267 e. The van der Waals surface area contributed by atoms with Crippen LogP contribution in [0, 0.1) is 18.3 Å². The van der Waals surface area contributed by atoms with Gasteiger partial charge in [-0.15, -0.1) is 0 Å². The minimum Gasteiger partial charge on any atom is -0.383 e. The number of aryl methyl sites for hydroxylation is 4. The van der Waals surface area contributed by atoms with Crippen LogP contribution in [0.3, 0.4) is 0 Å². The van der Waals surface area contributed by atoms with E-state index in [2.05, 4.69) is 28.8 Å². The summed E-state index contributed by atoms with van der Waals surface area (Å²) in [5, 5.41) is 15.6. The second kappa shape index (κ2) is 9.43. The minimum absolute atomic E-state index is 0.0167. The predicted octanol–water partition coefficient (Wildman–Crippen LogP) is 5.13. The topological polar surface area (TPSA) is 64.9 Å². The lowest BCUT2D eigenvalue weighted by Gasteiger charge is -2.19. The number of carbonyl (C=O) groups excluding carboxylic acids is 1. The summed E-state index contributed by atoms with van der Waals surface area (Å²) in [4.78, 5) is 12.7. The molecule has 0 aliphatic heterocycles. The second-order valence-corrected chi connectivity index (χ2v) is 7.71. The van der Waals surface area contributed by atoms with Gasteiger partial charge in [0.1, 0.15) is 11.6 Å². The third-order valence-electron chi connectivity index (χ3n) is 5.69. The van der Waals surface area contributed by atoms with Gasteiger partial charge in [-0.2, -0.15) is 5.26 Å². The van der Waals surface area contributed by atoms with Gasteiger partial charge in [0.25, 0.3) is 5.91 Å². The number of para-hydroxylation sites is 1. The number of rotatable bonds is 6. The van der Waals surface area contributed by atoms with Crippen LogP contribution in [0.25, 0.3) is 0 Å². The standard InChI is InChI=1S/C25H29N3O/c1-4-19-11-7-8-17(2)24(19)28-25(29)23(15-26)16-27-18(3)21-13-12-20-9-5-6-10-22(20)14-21/h7-8,11-14,16,18,27H,4-6,9-10H2,1-3H3,(H,28,29)/b23-16-. The van der Waals surface area contributed by atoms with Crippen molar-refractivity contribution in [3.8, 4) is 6.07 Å². The van der Waals surface area contributed by atoms with Gasteiger partial charge in [-0.1, -0.05) is 43.3 Å². The van der Waals surface area contributed by atoms with Crippen molar-refractivity contribution in [2.75, 3.05) is 5.32 Å². The van der Waals surface area contributed by atoms with Crippen LogP contribution in [0.5, 0.6) is 0 Å². The zero-order chi connectivity index (χ0) is 20.8. The van der Waals surface area contributed by atoms with E-state index in [-0.39, 0.29) is 17.5 Å². The molecule has 0 bridgehead atoms. The number of nitrogens with zero attached hydrogens (tertiary/aromatic N) is 1. The molecule has 0 saturated heterocycles. The largest absolute Gasteiger partial charge is 0.383 e. The van der Waals surface area contributed by atoms with Gasteiger partial charge in [0.15, 0.2) is 0 Å². The number of anilines is 1. The first-order chi connectivity index (χ1) is 14.0. The summed E-state index contributed by atoms with van der Waals surface area (Å²) < 4.78 is 0. The first-order valence-corrected chi connectivity index (χ1v) is 10.4. The van der Waals surface area contributed by atoms with Crippen molar-refractivity contribution >= 4 is 11.6 Å². The molecule has 1 atom stereocenters. The molecule has 0 aromatic heterocycles. The summed E-state index contributed by atoms with van der Waals surface area (Å²) in [6.45, 7) is 6.05. The molecule has 2 aromatic rings. The van der Waals surface area contributed by atoms with Crippen LogP contribution >= 0.6 is 0 Å². The van der Waals surface area contributed by atoms with E-state index in [1.54, 1.807) is 0 Å². The highest BCUT2D eigenvalue weighted by Gasteiger charge is 2.15. The summed E-state index contributed by atoms with van der Waals surface area (Å²) >= 11 is 0. The molecule has 4 nitrogen and oxygen atoms in total. The molecular formula is C25H29N3O. The van der Waals surface area contributed by atoms with E-state index in [0.717, 1.165) is 36.1 Å². The van der Waals surface area contributed by atoms with Crippen LogP contribution in [-0.2, 0) is 24.1 Å². The normalized spacial score (nSPS) is 14.5. The van der Waals surface area contributed by atoms with Crippen molar-refractivity contribution in [3.63, 3.8) is 0 Å². The zero-order valence-electron chi connectivity index (χ0n) is 17.5. The van der Waals surface area contributed by atoms with Crippen molar-refractivity contribution in [1.82, 2.24) is 5.32 Å². The highest BCUT2D eigenvalue weighted by Crippen LogP contribution is 2.25. The predicted molar refractivity (Wildman–Crippen MR) is 118 cm³/mol. The number of nitriles is 1. The molecule has 3 rings (SSSR count). The Balaban J connectivity index is 1.71. The Hall–Kier alpha value is -3.06. The van der Waals surface area contributed by atoms with E-state index >= 15 is 0 Å². The van der Waals surface area contributed by atoms with Crippen LogP contribution in [0.4, 0.5) is 5.69 Å². The van der Waals surface area contributed by atoms with Gasteiger partial charge in [0, 0.05) is 17.9 Å². The van der Waals surface area contributed by atoms with Crippen LogP contribution in [0.15, 0.2) is 48.2 Å². The average Bonchev–Trinajstić information content (AvgIpc) is 2.75. The summed E-state index contributed by atoms with van der Waals surface area (Å²) in [5.74, 6) is -0.387. The molecule has 0 fully saturated rings. The molecule has 1 unspecified atom stereocenters. The number of fused-ring (bicyclic) bond motifs is 1. The van der Waals surface area contributed by atoms with Crippen LogP contribution in [0.1, 0.15) is 60.5 Å². The fraction of sp³-hybridized carbons (Fsp3) is 0.360. The SMILES string of the molecule is CCc1cccc(C)c1NC(=O)/C(C#N)=C\NC(C)c1ccc2c(c1)CCCC2. The Labute approximate surface area is 173 Å². The van der Waals surface area contributed by atoms with Gasteiger partial charge in [0.2, 0.25) is 0 Å². The fourth-order valence-electron chi connectivity index (χ4n) is 3.86. The summed E-state index contributed by atoms with van der Waals surface area (Å²) in [6.07, 6.45) is 7.15. The summed E-state index contributed by atoms with van der Waals surface area (Å²) in [7, 11) is 0. The third-order valence-corrected chi connectivity index (χ3v) is 5.69. The number of amides is 1.